The first-order chi connectivity index (χ1) is 12.1. The summed E-state index contributed by atoms with van der Waals surface area (Å²) < 4.78 is 7.37. The molecule has 1 aromatic carbocycles. The Morgan fingerprint density at radius 2 is 2.12 bits per heavy atom. The number of rotatable bonds is 7. The summed E-state index contributed by atoms with van der Waals surface area (Å²) in [6.45, 7) is 4.89. The molecule has 0 N–H and O–H groups in total. The highest BCUT2D eigenvalue weighted by Gasteiger charge is 2.16. The molecule has 25 heavy (non-hydrogen) atoms. The number of hydrogen-bond donors (Lipinski definition) is 0. The molecule has 0 radical (unpaired) electrons. The van der Waals surface area contributed by atoms with Crippen LogP contribution in [-0.2, 0) is 17.9 Å². The molecule has 0 spiro atoms. The minimum atomic E-state index is -0.450. The van der Waals surface area contributed by atoms with Gasteiger partial charge in [0.25, 0.3) is 0 Å². The van der Waals surface area contributed by atoms with Crippen molar-refractivity contribution in [2.24, 2.45) is 0 Å². The van der Waals surface area contributed by atoms with Gasteiger partial charge in [-0.2, -0.15) is 0 Å². The predicted molar refractivity (Wildman–Crippen MR) is 100 cm³/mol. The Kier molecular flexibility index (Phi) is 5.40. The van der Waals surface area contributed by atoms with Crippen LogP contribution in [0.3, 0.4) is 0 Å². The second-order valence-corrected chi connectivity index (χ2v) is 7.31. The van der Waals surface area contributed by atoms with Crippen molar-refractivity contribution in [3.05, 3.63) is 68.8 Å². The number of carbonyl (C=O) groups is 1. The SMILES string of the molecule is C=CCN(Cc1ccc(Cl)s1)C(=O)CCn1c(=O)oc2ccccc21. The summed E-state index contributed by atoms with van der Waals surface area (Å²) in [6.07, 6.45) is 1.89. The van der Waals surface area contributed by atoms with E-state index < -0.39 is 5.76 Å². The molecule has 0 unspecified atom stereocenters. The third-order valence-corrected chi connectivity index (χ3v) is 5.02. The predicted octanol–water partition coefficient (Wildman–Crippen LogP) is 3.91. The summed E-state index contributed by atoms with van der Waals surface area (Å²) in [5.74, 6) is -0.504. The second kappa shape index (κ2) is 7.72. The lowest BCUT2D eigenvalue weighted by Crippen LogP contribution is -2.31. The Hall–Kier alpha value is -2.31. The smallest absolute Gasteiger partial charge is 0.408 e. The van der Waals surface area contributed by atoms with Crippen LogP contribution in [0.1, 0.15) is 11.3 Å². The van der Waals surface area contributed by atoms with Gasteiger partial charge in [-0.3, -0.25) is 9.36 Å². The maximum atomic E-state index is 12.6. The largest absolute Gasteiger partial charge is 0.419 e. The van der Waals surface area contributed by atoms with Crippen molar-refractivity contribution in [2.45, 2.75) is 19.5 Å². The van der Waals surface area contributed by atoms with E-state index in [0.29, 0.717) is 28.5 Å². The third-order valence-electron chi connectivity index (χ3n) is 3.80. The number of nitrogens with zero attached hydrogens (tertiary/aromatic N) is 2. The zero-order valence-corrected chi connectivity index (χ0v) is 15.1. The van der Waals surface area contributed by atoms with Crippen molar-refractivity contribution in [3.8, 4) is 0 Å². The van der Waals surface area contributed by atoms with E-state index >= 15 is 0 Å². The molecule has 3 aromatic rings. The van der Waals surface area contributed by atoms with Gasteiger partial charge in [0.2, 0.25) is 5.91 Å². The number of aromatic nitrogens is 1. The van der Waals surface area contributed by atoms with Gasteiger partial charge in [-0.05, 0) is 24.3 Å². The molecule has 0 saturated heterocycles. The number of amides is 1. The number of benzene rings is 1. The molecule has 0 atom stereocenters. The average molecular weight is 377 g/mol. The molecule has 3 rings (SSSR count). The molecule has 0 aliphatic rings. The number of hydrogen-bond acceptors (Lipinski definition) is 4. The van der Waals surface area contributed by atoms with E-state index in [9.17, 15) is 9.59 Å². The van der Waals surface area contributed by atoms with Gasteiger partial charge in [-0.1, -0.05) is 29.8 Å². The number of aryl methyl sites for hydroxylation is 1. The Morgan fingerprint density at radius 3 is 2.84 bits per heavy atom. The summed E-state index contributed by atoms with van der Waals surface area (Å²) in [5.41, 5.74) is 1.22. The van der Waals surface area contributed by atoms with Crippen molar-refractivity contribution in [3.63, 3.8) is 0 Å². The normalized spacial score (nSPS) is 10.9. The standard InChI is InChI=1S/C18H17ClN2O3S/c1-2-10-20(12-13-7-8-16(19)25-13)17(22)9-11-21-14-5-3-4-6-15(14)24-18(21)23/h2-8H,1,9-12H2. The molecule has 5 nitrogen and oxygen atoms in total. The average Bonchev–Trinajstić information content (AvgIpc) is 3.14. The molecule has 130 valence electrons. The Bertz CT molecular complexity index is 957. The molecule has 0 aliphatic carbocycles. The van der Waals surface area contributed by atoms with E-state index in [4.69, 9.17) is 16.0 Å². The van der Waals surface area contributed by atoms with E-state index in [0.717, 1.165) is 4.88 Å². The lowest BCUT2D eigenvalue weighted by molar-refractivity contribution is -0.131. The summed E-state index contributed by atoms with van der Waals surface area (Å²) >= 11 is 7.40. The van der Waals surface area contributed by atoms with Gasteiger partial charge in [-0.25, -0.2) is 4.79 Å². The molecule has 0 aliphatic heterocycles. The fraction of sp³-hybridized carbons (Fsp3) is 0.222. The monoisotopic (exact) mass is 376 g/mol. The Balaban J connectivity index is 1.71. The maximum absolute atomic E-state index is 12.6. The van der Waals surface area contributed by atoms with E-state index in [-0.39, 0.29) is 18.9 Å². The zero-order valence-electron chi connectivity index (χ0n) is 13.5. The first kappa shape index (κ1) is 17.5. The maximum Gasteiger partial charge on any atom is 0.419 e. The quantitative estimate of drug-likeness (QED) is 0.587. The summed E-state index contributed by atoms with van der Waals surface area (Å²) in [5, 5.41) is 0. The summed E-state index contributed by atoms with van der Waals surface area (Å²) in [4.78, 5) is 27.3. The van der Waals surface area contributed by atoms with Crippen LogP contribution in [-0.4, -0.2) is 21.9 Å². The van der Waals surface area contributed by atoms with E-state index in [1.807, 2.05) is 18.2 Å². The highest BCUT2D eigenvalue weighted by atomic mass is 35.5. The molecule has 7 heteroatoms. The fourth-order valence-electron chi connectivity index (χ4n) is 2.63. The minimum absolute atomic E-state index is 0.0541. The number of oxazole rings is 1. The topological polar surface area (TPSA) is 55.5 Å². The summed E-state index contributed by atoms with van der Waals surface area (Å²) in [6, 6.07) is 10.9. The van der Waals surface area contributed by atoms with Crippen LogP contribution < -0.4 is 5.76 Å². The van der Waals surface area contributed by atoms with Gasteiger partial charge >= 0.3 is 5.76 Å². The van der Waals surface area contributed by atoms with Crippen molar-refractivity contribution in [2.75, 3.05) is 6.54 Å². The van der Waals surface area contributed by atoms with Gasteiger partial charge in [0.05, 0.1) is 16.4 Å². The first-order valence-corrected chi connectivity index (χ1v) is 8.99. The lowest BCUT2D eigenvalue weighted by atomic mass is 10.3. The van der Waals surface area contributed by atoms with Gasteiger partial charge in [-0.15, -0.1) is 17.9 Å². The van der Waals surface area contributed by atoms with Crippen LogP contribution in [0.25, 0.3) is 11.1 Å². The lowest BCUT2D eigenvalue weighted by Gasteiger charge is -2.20. The van der Waals surface area contributed by atoms with Gasteiger partial charge in [0.15, 0.2) is 5.58 Å². The number of fused-ring (bicyclic) bond motifs is 1. The van der Waals surface area contributed by atoms with Gasteiger partial charge in [0.1, 0.15) is 0 Å². The highest BCUT2D eigenvalue weighted by molar-refractivity contribution is 7.16. The van der Waals surface area contributed by atoms with Crippen molar-refractivity contribution in [1.29, 1.82) is 0 Å². The molecule has 0 fully saturated rings. The number of carbonyl (C=O) groups excluding carboxylic acids is 1. The zero-order chi connectivity index (χ0) is 17.8. The van der Waals surface area contributed by atoms with E-state index in [2.05, 4.69) is 6.58 Å². The molecule has 2 heterocycles. The van der Waals surface area contributed by atoms with Crippen molar-refractivity contribution >= 4 is 39.9 Å². The van der Waals surface area contributed by atoms with Crippen LogP contribution in [0.15, 0.2) is 58.3 Å². The van der Waals surface area contributed by atoms with Crippen LogP contribution in [0.4, 0.5) is 0 Å². The number of halogens is 1. The Labute approximate surface area is 153 Å². The molecule has 2 aromatic heterocycles. The van der Waals surface area contributed by atoms with Crippen LogP contribution in [0, 0.1) is 0 Å². The fourth-order valence-corrected chi connectivity index (χ4v) is 3.73. The van der Waals surface area contributed by atoms with Crippen LogP contribution in [0.5, 0.6) is 0 Å². The second-order valence-electron chi connectivity index (χ2n) is 5.51. The first-order valence-electron chi connectivity index (χ1n) is 7.79. The van der Waals surface area contributed by atoms with E-state index in [1.54, 1.807) is 29.2 Å². The molecular formula is C18H17ClN2O3S. The highest BCUT2D eigenvalue weighted by Crippen LogP contribution is 2.23. The minimum Gasteiger partial charge on any atom is -0.408 e. The summed E-state index contributed by atoms with van der Waals surface area (Å²) in [7, 11) is 0. The van der Waals surface area contributed by atoms with Gasteiger partial charge in [0, 0.05) is 24.4 Å². The molecule has 1 amide bonds. The van der Waals surface area contributed by atoms with Crippen molar-refractivity contribution in [1.82, 2.24) is 9.47 Å². The molecule has 0 saturated carbocycles. The third kappa shape index (κ3) is 4.03. The van der Waals surface area contributed by atoms with Gasteiger partial charge < -0.3 is 9.32 Å². The molecule has 0 bridgehead atoms. The number of para-hydroxylation sites is 2. The number of thiophene rings is 1. The van der Waals surface area contributed by atoms with Crippen LogP contribution in [0.2, 0.25) is 4.34 Å². The van der Waals surface area contributed by atoms with E-state index in [1.165, 1.54) is 15.9 Å². The molecular weight excluding hydrogens is 360 g/mol. The van der Waals surface area contributed by atoms with Crippen molar-refractivity contribution < 1.29 is 9.21 Å². The van der Waals surface area contributed by atoms with Crippen LogP contribution >= 0.6 is 22.9 Å². The Morgan fingerprint density at radius 1 is 1.32 bits per heavy atom.